The van der Waals surface area contributed by atoms with Crippen LogP contribution in [0.4, 0.5) is 0 Å². The van der Waals surface area contributed by atoms with Gasteiger partial charge in [-0.05, 0) is 94.7 Å². The van der Waals surface area contributed by atoms with Crippen molar-refractivity contribution in [2.75, 3.05) is 13.2 Å². The molecule has 1 saturated heterocycles. The molecule has 1 aliphatic rings. The van der Waals surface area contributed by atoms with E-state index in [0.29, 0.717) is 0 Å². The Balaban J connectivity index is 1.59. The minimum absolute atomic E-state index is 0.0915. The molecule has 1 N–H and O–H groups in total. The molecule has 3 rings (SSSR count). The van der Waals surface area contributed by atoms with Crippen LogP contribution in [-0.4, -0.2) is 24.9 Å². The fourth-order valence-corrected chi connectivity index (χ4v) is 4.83. The third kappa shape index (κ3) is 6.73. The second kappa shape index (κ2) is 10.2. The molecule has 0 spiro atoms. The van der Waals surface area contributed by atoms with Crippen LogP contribution in [0.5, 0.6) is 5.75 Å². The molecule has 1 fully saturated rings. The average molecular weight is 430 g/mol. The lowest BCUT2D eigenvalue weighted by Crippen LogP contribution is -2.43. The number of hydrogen-bond acceptors (Lipinski definition) is 3. The first-order chi connectivity index (χ1) is 14.3. The molecule has 0 saturated carbocycles. The van der Waals surface area contributed by atoms with Gasteiger partial charge in [-0.15, -0.1) is 0 Å². The van der Waals surface area contributed by atoms with E-state index in [1.165, 1.54) is 11.1 Å². The number of halogens is 1. The second-order valence-electron chi connectivity index (χ2n) is 9.54. The van der Waals surface area contributed by atoms with Gasteiger partial charge in [0.1, 0.15) is 5.75 Å². The first-order valence-corrected chi connectivity index (χ1v) is 11.5. The van der Waals surface area contributed by atoms with Crippen LogP contribution in [0.1, 0.15) is 58.1 Å². The summed E-state index contributed by atoms with van der Waals surface area (Å²) < 4.78 is 11.8. The van der Waals surface area contributed by atoms with Gasteiger partial charge in [0.2, 0.25) is 0 Å². The van der Waals surface area contributed by atoms with Crippen molar-refractivity contribution in [3.8, 4) is 5.75 Å². The Morgan fingerprint density at radius 1 is 1.10 bits per heavy atom. The van der Waals surface area contributed by atoms with Crippen LogP contribution >= 0.6 is 11.6 Å². The predicted molar refractivity (Wildman–Crippen MR) is 125 cm³/mol. The van der Waals surface area contributed by atoms with E-state index in [2.05, 4.69) is 55.6 Å². The van der Waals surface area contributed by atoms with Gasteiger partial charge < -0.3 is 14.8 Å². The summed E-state index contributed by atoms with van der Waals surface area (Å²) >= 11 is 6.50. The van der Waals surface area contributed by atoms with Gasteiger partial charge in [0.25, 0.3) is 0 Å². The highest BCUT2D eigenvalue weighted by Crippen LogP contribution is 2.44. The number of nitrogens with one attached hydrogen (secondary N) is 1. The SMILES string of the molecule is CC(C)Oc1ccc(CNCCC2(Cc3ccccc3Cl)CCOC(C)(C)C2)cc1. The Labute approximate surface area is 187 Å². The Hall–Kier alpha value is -1.55. The van der Waals surface area contributed by atoms with Gasteiger partial charge in [-0.1, -0.05) is 41.9 Å². The monoisotopic (exact) mass is 429 g/mol. The Kier molecular flexibility index (Phi) is 7.84. The molecule has 0 bridgehead atoms. The maximum absolute atomic E-state index is 6.50. The van der Waals surface area contributed by atoms with Crippen molar-refractivity contribution in [2.45, 2.75) is 71.6 Å². The third-order valence-corrected chi connectivity index (χ3v) is 6.27. The quantitative estimate of drug-likeness (QED) is 0.466. The summed E-state index contributed by atoms with van der Waals surface area (Å²) in [5, 5.41) is 4.52. The first kappa shape index (κ1) is 23.1. The Morgan fingerprint density at radius 2 is 1.83 bits per heavy atom. The lowest BCUT2D eigenvalue weighted by Gasteiger charge is -2.45. The molecule has 1 atom stereocenters. The minimum Gasteiger partial charge on any atom is -0.491 e. The number of rotatable bonds is 9. The lowest BCUT2D eigenvalue weighted by atomic mass is 9.68. The molecule has 0 amide bonds. The topological polar surface area (TPSA) is 30.5 Å². The molecule has 1 heterocycles. The van der Waals surface area contributed by atoms with Gasteiger partial charge in [-0.25, -0.2) is 0 Å². The Bertz CT molecular complexity index is 803. The maximum atomic E-state index is 6.50. The van der Waals surface area contributed by atoms with E-state index < -0.39 is 0 Å². The maximum Gasteiger partial charge on any atom is 0.119 e. The van der Waals surface area contributed by atoms with Crippen molar-refractivity contribution in [2.24, 2.45) is 5.41 Å². The molecule has 4 heteroatoms. The largest absolute Gasteiger partial charge is 0.491 e. The molecule has 0 aromatic heterocycles. The van der Waals surface area contributed by atoms with E-state index in [1.54, 1.807) is 0 Å². The zero-order valence-corrected chi connectivity index (χ0v) is 19.6. The highest BCUT2D eigenvalue weighted by molar-refractivity contribution is 6.31. The van der Waals surface area contributed by atoms with Gasteiger partial charge in [0.05, 0.1) is 11.7 Å². The van der Waals surface area contributed by atoms with Crippen LogP contribution in [0.15, 0.2) is 48.5 Å². The van der Waals surface area contributed by atoms with Gasteiger partial charge in [0, 0.05) is 18.2 Å². The standard InChI is InChI=1S/C26H36ClNO2/c1-20(2)30-23-11-9-21(10-12-23)18-28-15-13-26(14-16-29-25(3,4)19-26)17-22-7-5-6-8-24(22)27/h5-12,20,28H,13-19H2,1-4H3. The van der Waals surface area contributed by atoms with Gasteiger partial charge >= 0.3 is 0 Å². The van der Waals surface area contributed by atoms with E-state index in [-0.39, 0.29) is 17.1 Å². The lowest BCUT2D eigenvalue weighted by molar-refractivity contribution is -0.107. The number of ether oxygens (including phenoxy) is 2. The van der Waals surface area contributed by atoms with Crippen molar-refractivity contribution in [1.29, 1.82) is 0 Å². The molecule has 2 aromatic rings. The van der Waals surface area contributed by atoms with Crippen molar-refractivity contribution in [1.82, 2.24) is 5.32 Å². The van der Waals surface area contributed by atoms with E-state index >= 15 is 0 Å². The zero-order chi connectivity index (χ0) is 21.6. The highest BCUT2D eigenvalue weighted by Gasteiger charge is 2.40. The summed E-state index contributed by atoms with van der Waals surface area (Å²) in [6, 6.07) is 16.6. The molecule has 2 aromatic carbocycles. The average Bonchev–Trinajstić information content (AvgIpc) is 2.67. The van der Waals surface area contributed by atoms with Crippen molar-refractivity contribution < 1.29 is 9.47 Å². The molecule has 1 aliphatic heterocycles. The first-order valence-electron chi connectivity index (χ1n) is 11.1. The zero-order valence-electron chi connectivity index (χ0n) is 18.8. The number of hydrogen-bond donors (Lipinski definition) is 1. The fourth-order valence-electron chi connectivity index (χ4n) is 4.63. The molecule has 30 heavy (non-hydrogen) atoms. The van der Waals surface area contributed by atoms with E-state index in [1.807, 2.05) is 26.0 Å². The summed E-state index contributed by atoms with van der Waals surface area (Å²) in [5.41, 5.74) is 2.64. The molecular weight excluding hydrogens is 394 g/mol. The Morgan fingerprint density at radius 3 is 2.50 bits per heavy atom. The van der Waals surface area contributed by atoms with Gasteiger partial charge in [-0.2, -0.15) is 0 Å². The summed E-state index contributed by atoms with van der Waals surface area (Å²) in [4.78, 5) is 0. The van der Waals surface area contributed by atoms with E-state index in [0.717, 1.165) is 56.2 Å². The fraction of sp³-hybridized carbons (Fsp3) is 0.538. The third-order valence-electron chi connectivity index (χ3n) is 5.91. The van der Waals surface area contributed by atoms with Crippen LogP contribution in [0.3, 0.4) is 0 Å². The van der Waals surface area contributed by atoms with Crippen molar-refractivity contribution in [3.63, 3.8) is 0 Å². The number of benzene rings is 2. The van der Waals surface area contributed by atoms with Crippen LogP contribution in [-0.2, 0) is 17.7 Å². The summed E-state index contributed by atoms with van der Waals surface area (Å²) in [7, 11) is 0. The summed E-state index contributed by atoms with van der Waals surface area (Å²) in [6.45, 7) is 11.2. The summed E-state index contributed by atoms with van der Waals surface area (Å²) in [5.74, 6) is 0.928. The summed E-state index contributed by atoms with van der Waals surface area (Å²) in [6.07, 6.45) is 4.44. The van der Waals surface area contributed by atoms with E-state index in [4.69, 9.17) is 21.1 Å². The van der Waals surface area contributed by atoms with E-state index in [9.17, 15) is 0 Å². The molecule has 164 valence electrons. The smallest absolute Gasteiger partial charge is 0.119 e. The predicted octanol–water partition coefficient (Wildman–Crippen LogP) is 6.43. The van der Waals surface area contributed by atoms with Crippen LogP contribution in [0, 0.1) is 5.41 Å². The molecule has 0 aliphatic carbocycles. The van der Waals surface area contributed by atoms with Crippen LogP contribution in [0.25, 0.3) is 0 Å². The normalized spacial score (nSPS) is 21.0. The van der Waals surface area contributed by atoms with Crippen molar-refractivity contribution in [3.05, 3.63) is 64.7 Å². The second-order valence-corrected chi connectivity index (χ2v) is 9.95. The molecular formula is C26H36ClNO2. The minimum atomic E-state index is -0.0915. The van der Waals surface area contributed by atoms with Crippen LogP contribution < -0.4 is 10.1 Å². The molecule has 1 unspecified atom stereocenters. The molecule has 0 radical (unpaired) electrons. The van der Waals surface area contributed by atoms with Gasteiger partial charge in [0.15, 0.2) is 0 Å². The molecule has 3 nitrogen and oxygen atoms in total. The van der Waals surface area contributed by atoms with Crippen LogP contribution in [0.2, 0.25) is 5.02 Å². The van der Waals surface area contributed by atoms with Crippen molar-refractivity contribution >= 4 is 11.6 Å². The highest BCUT2D eigenvalue weighted by atomic mass is 35.5. The van der Waals surface area contributed by atoms with Gasteiger partial charge in [-0.3, -0.25) is 0 Å².